The number of ether oxygens (including phenoxy) is 1. The highest BCUT2D eigenvalue weighted by Crippen LogP contribution is 2.28. The van der Waals surface area contributed by atoms with Crippen molar-refractivity contribution in [1.82, 2.24) is 5.32 Å². The Hall–Kier alpha value is -1.04. The molecule has 0 aromatic heterocycles. The van der Waals surface area contributed by atoms with E-state index in [9.17, 15) is 4.79 Å². The fourth-order valence-corrected chi connectivity index (χ4v) is 3.11. The van der Waals surface area contributed by atoms with E-state index in [1.54, 1.807) is 18.8 Å². The van der Waals surface area contributed by atoms with Crippen molar-refractivity contribution in [3.63, 3.8) is 0 Å². The number of benzene rings is 1. The van der Waals surface area contributed by atoms with E-state index >= 15 is 0 Å². The molecule has 2 N–H and O–H groups in total. The smallest absolute Gasteiger partial charge is 0.330 e. The Kier molecular flexibility index (Phi) is 7.65. The van der Waals surface area contributed by atoms with Crippen LogP contribution in [0.15, 0.2) is 30.3 Å². The minimum Gasteiger partial charge on any atom is -0.467 e. The predicted molar refractivity (Wildman–Crippen MR) is 82.8 cm³/mol. The quantitative estimate of drug-likeness (QED) is 0.537. The van der Waals surface area contributed by atoms with Crippen molar-refractivity contribution < 1.29 is 14.6 Å². The molecule has 1 aromatic carbocycles. The van der Waals surface area contributed by atoms with Gasteiger partial charge in [0.1, 0.15) is 5.54 Å². The van der Waals surface area contributed by atoms with Crippen molar-refractivity contribution in [2.45, 2.75) is 18.4 Å². The SMILES string of the molecule is CNC(CCSCCCO)(C(=O)OC)c1ccccc1. The Balaban J connectivity index is 2.82. The first-order chi connectivity index (χ1) is 9.71. The van der Waals surface area contributed by atoms with Gasteiger partial charge in [0.15, 0.2) is 0 Å². The lowest BCUT2D eigenvalue weighted by Gasteiger charge is -2.31. The van der Waals surface area contributed by atoms with Gasteiger partial charge in [0.05, 0.1) is 7.11 Å². The number of hydrogen-bond donors (Lipinski definition) is 2. The van der Waals surface area contributed by atoms with Crippen LogP contribution in [0.5, 0.6) is 0 Å². The van der Waals surface area contributed by atoms with Gasteiger partial charge in [-0.05, 0) is 37.0 Å². The average Bonchev–Trinajstić information content (AvgIpc) is 2.51. The minimum absolute atomic E-state index is 0.208. The van der Waals surface area contributed by atoms with Crippen LogP contribution in [0, 0.1) is 0 Å². The maximum absolute atomic E-state index is 12.3. The van der Waals surface area contributed by atoms with Crippen molar-refractivity contribution >= 4 is 17.7 Å². The summed E-state index contributed by atoms with van der Waals surface area (Å²) >= 11 is 1.73. The molecule has 0 radical (unpaired) electrons. The lowest BCUT2D eigenvalue weighted by Crippen LogP contribution is -2.48. The Morgan fingerprint density at radius 1 is 1.35 bits per heavy atom. The summed E-state index contributed by atoms with van der Waals surface area (Å²) in [4.78, 5) is 12.3. The molecule has 0 aliphatic carbocycles. The number of esters is 1. The third kappa shape index (κ3) is 4.23. The first-order valence-corrected chi connectivity index (χ1v) is 7.88. The molecule has 0 amide bonds. The molecule has 1 unspecified atom stereocenters. The molecule has 112 valence electrons. The molecule has 1 rings (SSSR count). The van der Waals surface area contributed by atoms with E-state index in [0.717, 1.165) is 23.5 Å². The summed E-state index contributed by atoms with van der Waals surface area (Å²) in [5, 5.41) is 11.9. The normalized spacial score (nSPS) is 13.8. The standard InChI is InChI=1S/C15H23NO3S/c1-16-15(14(18)19-2,9-12-20-11-6-10-17)13-7-4-3-5-8-13/h3-5,7-8,16-17H,6,9-12H2,1-2H3. The fraction of sp³-hybridized carbons (Fsp3) is 0.533. The second-order valence-corrected chi connectivity index (χ2v) is 5.68. The Bertz CT molecular complexity index is 399. The van der Waals surface area contributed by atoms with Crippen LogP contribution < -0.4 is 5.32 Å². The molecule has 0 spiro atoms. The van der Waals surface area contributed by atoms with E-state index in [0.29, 0.717) is 6.42 Å². The maximum Gasteiger partial charge on any atom is 0.330 e. The van der Waals surface area contributed by atoms with E-state index in [1.807, 2.05) is 30.3 Å². The summed E-state index contributed by atoms with van der Waals surface area (Å²) in [5.41, 5.74) is 0.111. The number of carbonyl (C=O) groups is 1. The number of likely N-dealkylation sites (N-methyl/N-ethyl adjacent to an activating group) is 1. The van der Waals surface area contributed by atoms with Gasteiger partial charge >= 0.3 is 5.97 Å². The van der Waals surface area contributed by atoms with Crippen LogP contribution in [-0.4, -0.2) is 43.3 Å². The molecule has 5 heteroatoms. The van der Waals surface area contributed by atoms with E-state index in [4.69, 9.17) is 9.84 Å². The van der Waals surface area contributed by atoms with Crippen LogP contribution in [0.1, 0.15) is 18.4 Å². The van der Waals surface area contributed by atoms with Gasteiger partial charge < -0.3 is 15.2 Å². The lowest BCUT2D eigenvalue weighted by atomic mass is 9.87. The average molecular weight is 297 g/mol. The summed E-state index contributed by atoms with van der Waals surface area (Å²) in [6, 6.07) is 9.64. The van der Waals surface area contributed by atoms with Crippen molar-refractivity contribution in [3.8, 4) is 0 Å². The zero-order chi connectivity index (χ0) is 14.8. The zero-order valence-electron chi connectivity index (χ0n) is 12.1. The van der Waals surface area contributed by atoms with Gasteiger partial charge in [-0.25, -0.2) is 4.79 Å². The third-order valence-corrected chi connectivity index (χ3v) is 4.37. The monoisotopic (exact) mass is 297 g/mol. The number of methoxy groups -OCH3 is 1. The summed E-state index contributed by atoms with van der Waals surface area (Å²) < 4.78 is 4.99. The van der Waals surface area contributed by atoms with Gasteiger partial charge in [0.2, 0.25) is 0 Å². The number of hydrogen-bond acceptors (Lipinski definition) is 5. The van der Waals surface area contributed by atoms with Crippen LogP contribution >= 0.6 is 11.8 Å². The van der Waals surface area contributed by atoms with Gasteiger partial charge in [-0.1, -0.05) is 30.3 Å². The number of rotatable bonds is 9. The van der Waals surface area contributed by atoms with Crippen LogP contribution in [0.25, 0.3) is 0 Å². The molecule has 0 saturated carbocycles. The highest BCUT2D eigenvalue weighted by atomic mass is 32.2. The molecule has 0 aliphatic rings. The summed E-state index contributed by atoms with van der Waals surface area (Å²) in [6.07, 6.45) is 1.43. The largest absolute Gasteiger partial charge is 0.467 e. The zero-order valence-corrected chi connectivity index (χ0v) is 12.9. The summed E-state index contributed by atoms with van der Waals surface area (Å²) in [7, 11) is 3.19. The van der Waals surface area contributed by atoms with Gasteiger partial charge in [-0.3, -0.25) is 0 Å². The first kappa shape index (κ1) is 17.0. The molecule has 0 saturated heterocycles. The Morgan fingerprint density at radius 2 is 2.05 bits per heavy atom. The number of aliphatic hydroxyl groups is 1. The molecular formula is C15H23NO3S. The molecule has 0 fully saturated rings. The van der Waals surface area contributed by atoms with E-state index in [1.165, 1.54) is 7.11 Å². The molecule has 1 aromatic rings. The topological polar surface area (TPSA) is 58.6 Å². The molecular weight excluding hydrogens is 274 g/mol. The van der Waals surface area contributed by atoms with Crippen LogP contribution in [0.4, 0.5) is 0 Å². The molecule has 20 heavy (non-hydrogen) atoms. The highest BCUT2D eigenvalue weighted by molar-refractivity contribution is 7.99. The lowest BCUT2D eigenvalue weighted by molar-refractivity contribution is -0.149. The highest BCUT2D eigenvalue weighted by Gasteiger charge is 2.39. The Labute approximate surface area is 124 Å². The van der Waals surface area contributed by atoms with Gasteiger partial charge in [-0.2, -0.15) is 11.8 Å². The molecule has 4 nitrogen and oxygen atoms in total. The Morgan fingerprint density at radius 3 is 2.60 bits per heavy atom. The first-order valence-electron chi connectivity index (χ1n) is 6.72. The number of nitrogens with one attached hydrogen (secondary N) is 1. The molecule has 0 aliphatic heterocycles. The van der Waals surface area contributed by atoms with Crippen LogP contribution in [0.2, 0.25) is 0 Å². The van der Waals surface area contributed by atoms with Gasteiger partial charge in [-0.15, -0.1) is 0 Å². The van der Waals surface area contributed by atoms with Crippen molar-refractivity contribution in [2.24, 2.45) is 0 Å². The number of aliphatic hydroxyl groups excluding tert-OH is 1. The van der Waals surface area contributed by atoms with Crippen LogP contribution in [-0.2, 0) is 15.1 Å². The predicted octanol–water partition coefficient (Wildman–Crippen LogP) is 1.78. The summed E-state index contributed by atoms with van der Waals surface area (Å²) in [5.74, 6) is 1.45. The maximum atomic E-state index is 12.3. The van der Waals surface area contributed by atoms with Crippen molar-refractivity contribution in [3.05, 3.63) is 35.9 Å². The molecule has 0 bridgehead atoms. The number of carbonyl (C=O) groups excluding carboxylic acids is 1. The second-order valence-electron chi connectivity index (χ2n) is 4.45. The minimum atomic E-state index is -0.803. The molecule has 1 atom stereocenters. The third-order valence-electron chi connectivity index (χ3n) is 3.30. The van der Waals surface area contributed by atoms with Crippen molar-refractivity contribution in [1.29, 1.82) is 0 Å². The summed E-state index contributed by atoms with van der Waals surface area (Å²) in [6.45, 7) is 0.208. The van der Waals surface area contributed by atoms with E-state index in [2.05, 4.69) is 5.32 Å². The molecule has 0 heterocycles. The van der Waals surface area contributed by atoms with Gasteiger partial charge in [0.25, 0.3) is 0 Å². The second kappa shape index (κ2) is 9.00. The van der Waals surface area contributed by atoms with E-state index < -0.39 is 5.54 Å². The van der Waals surface area contributed by atoms with Crippen molar-refractivity contribution in [2.75, 3.05) is 32.3 Å². The number of thioether (sulfide) groups is 1. The fourth-order valence-electron chi connectivity index (χ4n) is 2.13. The van der Waals surface area contributed by atoms with Crippen LogP contribution in [0.3, 0.4) is 0 Å². The van der Waals surface area contributed by atoms with E-state index in [-0.39, 0.29) is 12.6 Å². The van der Waals surface area contributed by atoms with Gasteiger partial charge in [0, 0.05) is 6.61 Å².